The van der Waals surface area contributed by atoms with E-state index >= 15 is 0 Å². The van der Waals surface area contributed by atoms with Crippen LogP contribution in [0.25, 0.3) is 0 Å². The number of unbranched alkanes of at least 4 members (excludes halogenated alkanes) is 2. The lowest BCUT2D eigenvalue weighted by Crippen LogP contribution is -2.53. The standard InChI is InChI=1S/C74H109N5O5/c1-17-75-70(83)65(37-18-20-48-76-67(80)50-56(5)31-22-28-53(2)39-42-62-59(8)34-25-45-72(62,11)12)79-71(84)66(78-69(82)52-58(7)33-24-30-55(4)41-44-64-61(10)36-27-47-74(64,15)16)38-19-21-49-77-68(81)51-57(6)32-23-29-54(3)40-43-63-60(9)35-26-46-73(63,13)14/h22-24,28-33,39-44,50-52,65-66H,17-21,25-27,34-38,45-49H2,1-16H3,(H,75,83)(H,76,80)(H,77,81)(H,78,82)(H,79,84)/b31-22+,32-23+,33-24+,42-39+,43-40+,44-41+,53-28+,54-29+,55-30+,56-50+,57-51+,58-52+. The molecule has 0 bridgehead atoms. The maximum absolute atomic E-state index is 14.1. The quantitative estimate of drug-likeness (QED) is 0.0276. The summed E-state index contributed by atoms with van der Waals surface area (Å²) in [4.78, 5) is 66.9. The van der Waals surface area contributed by atoms with Crippen LogP contribution in [0, 0.1) is 16.2 Å². The first kappa shape index (κ1) is 71.7. The zero-order chi connectivity index (χ0) is 62.5. The van der Waals surface area contributed by atoms with E-state index in [0.29, 0.717) is 57.3 Å². The van der Waals surface area contributed by atoms with Crippen LogP contribution in [-0.4, -0.2) is 61.3 Å². The molecule has 5 amide bonds. The maximum atomic E-state index is 14.1. The van der Waals surface area contributed by atoms with Gasteiger partial charge >= 0.3 is 0 Å². The van der Waals surface area contributed by atoms with E-state index in [1.54, 1.807) is 12.2 Å². The Morgan fingerprint density at radius 2 is 0.762 bits per heavy atom. The van der Waals surface area contributed by atoms with Crippen molar-refractivity contribution in [3.8, 4) is 0 Å². The van der Waals surface area contributed by atoms with Crippen LogP contribution < -0.4 is 26.6 Å². The number of allylic oxidation sites excluding steroid dienone is 27. The van der Waals surface area contributed by atoms with Gasteiger partial charge in [0.15, 0.2) is 0 Å². The predicted molar refractivity (Wildman–Crippen MR) is 355 cm³/mol. The minimum Gasteiger partial charge on any atom is -0.355 e. The fraction of sp³-hybridized carbons (Fsp3) is 0.527. The van der Waals surface area contributed by atoms with E-state index in [-0.39, 0.29) is 40.4 Å². The summed E-state index contributed by atoms with van der Waals surface area (Å²) in [6, 6.07) is -1.80. The van der Waals surface area contributed by atoms with Gasteiger partial charge in [0.2, 0.25) is 29.5 Å². The van der Waals surface area contributed by atoms with Gasteiger partial charge in [0.25, 0.3) is 0 Å². The van der Waals surface area contributed by atoms with Gasteiger partial charge in [-0.25, -0.2) is 0 Å². The number of carbonyl (C=O) groups excluding carboxylic acids is 5. The average molecular weight is 1150 g/mol. The molecule has 460 valence electrons. The van der Waals surface area contributed by atoms with E-state index in [1.165, 1.54) is 78.0 Å². The van der Waals surface area contributed by atoms with Crippen molar-refractivity contribution in [1.82, 2.24) is 26.6 Å². The van der Waals surface area contributed by atoms with Crippen molar-refractivity contribution < 1.29 is 24.0 Å². The molecule has 0 heterocycles. The molecule has 0 aromatic carbocycles. The summed E-state index contributed by atoms with van der Waals surface area (Å²) in [5, 5.41) is 14.6. The Hall–Kier alpha value is -6.55. The Kier molecular flexibility index (Phi) is 31.0. The zero-order valence-electron chi connectivity index (χ0n) is 54.8. The molecule has 5 N–H and O–H groups in total. The molecule has 3 aliphatic rings. The second kappa shape index (κ2) is 36.3. The van der Waals surface area contributed by atoms with Crippen LogP contribution in [0.5, 0.6) is 0 Å². The van der Waals surface area contributed by atoms with Crippen molar-refractivity contribution >= 4 is 29.5 Å². The fourth-order valence-corrected chi connectivity index (χ4v) is 11.5. The van der Waals surface area contributed by atoms with Crippen molar-refractivity contribution in [3.63, 3.8) is 0 Å². The molecule has 0 saturated carbocycles. The van der Waals surface area contributed by atoms with Gasteiger partial charge in [-0.1, -0.05) is 166 Å². The number of amides is 5. The third-order valence-electron chi connectivity index (χ3n) is 16.5. The summed E-state index contributed by atoms with van der Waals surface area (Å²) in [6.07, 6.45) is 49.0. The molecule has 10 nitrogen and oxygen atoms in total. The van der Waals surface area contributed by atoms with Crippen LogP contribution in [0.3, 0.4) is 0 Å². The first-order chi connectivity index (χ1) is 39.6. The third-order valence-corrected chi connectivity index (χ3v) is 16.5. The molecule has 2 atom stereocenters. The molecular formula is C74H109N5O5. The topological polar surface area (TPSA) is 146 Å². The van der Waals surface area contributed by atoms with E-state index in [0.717, 1.165) is 47.1 Å². The Labute approximate surface area is 509 Å². The minimum atomic E-state index is -0.948. The monoisotopic (exact) mass is 1150 g/mol. The van der Waals surface area contributed by atoms with E-state index in [4.69, 9.17) is 0 Å². The lowest BCUT2D eigenvalue weighted by atomic mass is 9.72. The zero-order valence-corrected chi connectivity index (χ0v) is 54.8. The Bertz CT molecular complexity index is 2780. The van der Waals surface area contributed by atoms with Crippen LogP contribution in [0.15, 0.2) is 176 Å². The second-order valence-electron chi connectivity index (χ2n) is 25.9. The summed E-state index contributed by atoms with van der Waals surface area (Å²) in [6.45, 7) is 35.4. The van der Waals surface area contributed by atoms with Gasteiger partial charge in [-0.3, -0.25) is 24.0 Å². The van der Waals surface area contributed by atoms with Crippen LogP contribution >= 0.6 is 0 Å². The molecule has 10 heteroatoms. The van der Waals surface area contributed by atoms with Gasteiger partial charge in [-0.05, 0) is 215 Å². The molecule has 0 aromatic heterocycles. The fourth-order valence-electron chi connectivity index (χ4n) is 11.5. The highest BCUT2D eigenvalue weighted by Gasteiger charge is 2.29. The first-order valence-corrected chi connectivity index (χ1v) is 31.3. The van der Waals surface area contributed by atoms with Crippen LogP contribution in [0.1, 0.15) is 207 Å². The third kappa shape index (κ3) is 27.0. The first-order valence-electron chi connectivity index (χ1n) is 31.3. The largest absolute Gasteiger partial charge is 0.355 e. The van der Waals surface area contributed by atoms with E-state index < -0.39 is 23.9 Å². The van der Waals surface area contributed by atoms with Crippen LogP contribution in [-0.2, 0) is 24.0 Å². The second-order valence-corrected chi connectivity index (χ2v) is 25.9. The number of rotatable bonds is 30. The van der Waals surface area contributed by atoms with E-state index in [9.17, 15) is 24.0 Å². The molecular weight excluding hydrogens is 1040 g/mol. The lowest BCUT2D eigenvalue weighted by molar-refractivity contribution is -0.131. The van der Waals surface area contributed by atoms with Crippen molar-refractivity contribution in [2.75, 3.05) is 19.6 Å². The normalized spacial score (nSPS) is 19.4. The summed E-state index contributed by atoms with van der Waals surface area (Å²) in [5.74, 6) is -1.64. The highest BCUT2D eigenvalue weighted by molar-refractivity contribution is 5.95. The molecule has 0 aromatic rings. The summed E-state index contributed by atoms with van der Waals surface area (Å²) in [7, 11) is 0. The van der Waals surface area contributed by atoms with Crippen LogP contribution in [0.2, 0.25) is 0 Å². The van der Waals surface area contributed by atoms with Gasteiger partial charge in [0, 0.05) is 37.9 Å². The molecule has 0 saturated heterocycles. The van der Waals surface area contributed by atoms with E-state index in [2.05, 4.69) is 146 Å². The number of hydrogen-bond acceptors (Lipinski definition) is 5. The number of carbonyl (C=O) groups is 5. The Morgan fingerprint density at radius 3 is 1.10 bits per heavy atom. The summed E-state index contributed by atoms with van der Waals surface area (Å²) < 4.78 is 0. The van der Waals surface area contributed by atoms with Gasteiger partial charge in [0.05, 0.1) is 0 Å². The SMILES string of the molecule is CCNC(=O)C(CCCCNC(=O)/C=C(C)/C=C/C=C(C)/C=C/C1=C(C)CCCC1(C)C)NC(=O)C(CCCCNC(=O)/C=C(C)/C=C/C=C(C)/C=C/C1=C(C)CCCC1(C)C)NC(=O)/C=C(C)/C=C/C=C(C)/C=C/C1=C(C)CCCC1(C)C. The smallest absolute Gasteiger partial charge is 0.244 e. The van der Waals surface area contributed by atoms with Gasteiger partial charge in [0.1, 0.15) is 12.1 Å². The van der Waals surface area contributed by atoms with Crippen molar-refractivity contribution in [3.05, 3.63) is 176 Å². The molecule has 0 fully saturated rings. The Balaban J connectivity index is 1.65. The molecule has 2 unspecified atom stereocenters. The maximum Gasteiger partial charge on any atom is 0.244 e. The number of nitrogens with one attached hydrogen (secondary N) is 5. The molecule has 3 aliphatic carbocycles. The molecule has 0 radical (unpaired) electrons. The summed E-state index contributed by atoms with van der Waals surface area (Å²) in [5.41, 5.74) is 14.8. The van der Waals surface area contributed by atoms with Gasteiger partial charge < -0.3 is 26.6 Å². The highest BCUT2D eigenvalue weighted by atomic mass is 16.2. The number of likely N-dealkylation sites (N-methyl/N-ethyl adjacent to an activating group) is 1. The summed E-state index contributed by atoms with van der Waals surface area (Å²) >= 11 is 0. The van der Waals surface area contributed by atoms with Gasteiger partial charge in [-0.15, -0.1) is 0 Å². The minimum absolute atomic E-state index is 0.153. The van der Waals surface area contributed by atoms with E-state index in [1.807, 2.05) is 82.4 Å². The molecule has 0 aliphatic heterocycles. The molecule has 3 rings (SSSR count). The highest BCUT2D eigenvalue weighted by Crippen LogP contribution is 2.43. The van der Waals surface area contributed by atoms with Gasteiger partial charge in [-0.2, -0.15) is 0 Å². The number of hydrogen-bond donors (Lipinski definition) is 5. The lowest BCUT2D eigenvalue weighted by Gasteiger charge is -2.33. The Morgan fingerprint density at radius 1 is 0.429 bits per heavy atom. The predicted octanol–water partition coefficient (Wildman–Crippen LogP) is 16.3. The van der Waals surface area contributed by atoms with Crippen LogP contribution in [0.4, 0.5) is 0 Å². The van der Waals surface area contributed by atoms with Crippen molar-refractivity contribution in [1.29, 1.82) is 0 Å². The van der Waals surface area contributed by atoms with Crippen molar-refractivity contribution in [2.24, 2.45) is 16.2 Å². The molecule has 84 heavy (non-hydrogen) atoms. The average Bonchev–Trinajstić information content (AvgIpc) is 3.61. The molecule has 0 spiro atoms. The van der Waals surface area contributed by atoms with Crippen molar-refractivity contribution in [2.45, 2.75) is 219 Å².